The molecule has 4 aromatic rings. The third kappa shape index (κ3) is 4.76. The first-order valence-corrected chi connectivity index (χ1v) is 11.3. The van der Waals surface area contributed by atoms with Crippen LogP contribution in [-0.2, 0) is 13.2 Å². The molecule has 2 aromatic heterocycles. The lowest BCUT2D eigenvalue weighted by Gasteiger charge is -2.19. The molecule has 186 valence electrons. The summed E-state index contributed by atoms with van der Waals surface area (Å²) in [5, 5.41) is 19.6. The zero-order chi connectivity index (χ0) is 25.8. The quantitative estimate of drug-likeness (QED) is 0.348. The average molecular weight is 492 g/mol. The van der Waals surface area contributed by atoms with Crippen LogP contribution in [0.25, 0.3) is 22.0 Å². The molecule has 0 aliphatic heterocycles. The van der Waals surface area contributed by atoms with Crippen LogP contribution < -0.4 is 10.1 Å². The van der Waals surface area contributed by atoms with Gasteiger partial charge in [-0.2, -0.15) is 5.10 Å². The van der Waals surface area contributed by atoms with Gasteiger partial charge in [-0.3, -0.25) is 19.7 Å². The summed E-state index contributed by atoms with van der Waals surface area (Å²) in [7, 11) is 3.11. The standard InChI is InChI=1S/C26H26FN5O4/c1-4-36-23-10-16(5-7-18(23)15-6-8-21(27)19(9-15)25(34)28-2)26(35)32(3)13-17-11-29-22(14-33)20-12-30-31-24(17)20/h5-12,33H,4,13-14H2,1-3H3,(H,28,34)(H,30,31). The lowest BCUT2D eigenvalue weighted by atomic mass is 9.99. The van der Waals surface area contributed by atoms with E-state index in [0.717, 1.165) is 5.56 Å². The number of benzene rings is 2. The summed E-state index contributed by atoms with van der Waals surface area (Å²) in [6, 6.07) is 9.27. The minimum Gasteiger partial charge on any atom is -0.493 e. The van der Waals surface area contributed by atoms with Crippen LogP contribution in [0.4, 0.5) is 4.39 Å². The Morgan fingerprint density at radius 3 is 2.72 bits per heavy atom. The Bertz CT molecular complexity index is 1440. The number of aromatic amines is 1. The van der Waals surface area contributed by atoms with Gasteiger partial charge in [0.1, 0.15) is 11.6 Å². The summed E-state index contributed by atoms with van der Waals surface area (Å²) in [5.41, 5.74) is 3.51. The predicted octanol–water partition coefficient (Wildman–Crippen LogP) is 3.29. The van der Waals surface area contributed by atoms with E-state index < -0.39 is 11.7 Å². The number of aliphatic hydroxyl groups is 1. The molecule has 0 radical (unpaired) electrons. The van der Waals surface area contributed by atoms with Crippen LogP contribution in [-0.4, -0.2) is 57.7 Å². The van der Waals surface area contributed by atoms with Crippen molar-refractivity contribution in [2.24, 2.45) is 0 Å². The smallest absolute Gasteiger partial charge is 0.254 e. The number of carbonyl (C=O) groups excluding carboxylic acids is 2. The molecule has 2 amide bonds. The van der Waals surface area contributed by atoms with Crippen molar-refractivity contribution in [1.29, 1.82) is 0 Å². The topological polar surface area (TPSA) is 120 Å². The summed E-state index contributed by atoms with van der Waals surface area (Å²) >= 11 is 0. The van der Waals surface area contributed by atoms with E-state index in [-0.39, 0.29) is 24.6 Å². The van der Waals surface area contributed by atoms with Crippen LogP contribution in [0.15, 0.2) is 48.8 Å². The zero-order valence-electron chi connectivity index (χ0n) is 20.1. The molecule has 3 N–H and O–H groups in total. The van der Waals surface area contributed by atoms with Crippen molar-refractivity contribution in [1.82, 2.24) is 25.4 Å². The van der Waals surface area contributed by atoms with Crippen molar-refractivity contribution in [2.75, 3.05) is 20.7 Å². The molecule has 9 nitrogen and oxygen atoms in total. The second-order valence-electron chi connectivity index (χ2n) is 8.13. The van der Waals surface area contributed by atoms with Gasteiger partial charge in [0.05, 0.1) is 36.2 Å². The number of amides is 2. The van der Waals surface area contributed by atoms with Gasteiger partial charge in [0.2, 0.25) is 0 Å². The van der Waals surface area contributed by atoms with Gasteiger partial charge in [0.15, 0.2) is 0 Å². The molecule has 0 saturated carbocycles. The number of nitrogens with zero attached hydrogens (tertiary/aromatic N) is 3. The number of aromatic nitrogens is 3. The maximum absolute atomic E-state index is 14.2. The lowest BCUT2D eigenvalue weighted by Crippen LogP contribution is -2.26. The van der Waals surface area contributed by atoms with Crippen molar-refractivity contribution >= 4 is 22.7 Å². The molecule has 4 rings (SSSR count). The Morgan fingerprint density at radius 1 is 1.19 bits per heavy atom. The van der Waals surface area contributed by atoms with E-state index >= 15 is 0 Å². The van der Waals surface area contributed by atoms with E-state index in [2.05, 4.69) is 20.5 Å². The van der Waals surface area contributed by atoms with Gasteiger partial charge in [-0.15, -0.1) is 0 Å². The number of H-pyrrole nitrogens is 1. The summed E-state index contributed by atoms with van der Waals surface area (Å²) < 4.78 is 20.0. The summed E-state index contributed by atoms with van der Waals surface area (Å²) in [5.74, 6) is -0.964. The first kappa shape index (κ1) is 24.8. The SMILES string of the molecule is CCOc1cc(C(=O)N(C)Cc2cnc(CO)c3cn[nH]c23)ccc1-c1ccc(F)c(C(=O)NC)c1. The maximum atomic E-state index is 14.2. The van der Waals surface area contributed by atoms with Crippen molar-refractivity contribution in [3.8, 4) is 16.9 Å². The van der Waals surface area contributed by atoms with Gasteiger partial charge >= 0.3 is 0 Å². The van der Waals surface area contributed by atoms with Crippen LogP contribution >= 0.6 is 0 Å². The largest absolute Gasteiger partial charge is 0.493 e. The molecule has 36 heavy (non-hydrogen) atoms. The molecule has 0 aliphatic carbocycles. The number of ether oxygens (including phenoxy) is 1. The molecule has 10 heteroatoms. The fourth-order valence-corrected chi connectivity index (χ4v) is 4.00. The molecule has 0 saturated heterocycles. The molecule has 0 atom stereocenters. The van der Waals surface area contributed by atoms with Crippen LogP contribution in [0.5, 0.6) is 5.75 Å². The van der Waals surface area contributed by atoms with Crippen LogP contribution in [0.3, 0.4) is 0 Å². The van der Waals surface area contributed by atoms with E-state index in [0.29, 0.717) is 45.6 Å². The van der Waals surface area contributed by atoms with E-state index in [1.54, 1.807) is 48.6 Å². The predicted molar refractivity (Wildman–Crippen MR) is 132 cm³/mol. The fraction of sp³-hybridized carbons (Fsp3) is 0.231. The highest BCUT2D eigenvalue weighted by molar-refractivity contribution is 5.97. The number of halogens is 1. The third-order valence-corrected chi connectivity index (χ3v) is 5.83. The second-order valence-corrected chi connectivity index (χ2v) is 8.13. The second kappa shape index (κ2) is 10.5. The molecular weight excluding hydrogens is 465 g/mol. The first-order valence-electron chi connectivity index (χ1n) is 11.3. The van der Waals surface area contributed by atoms with E-state index in [4.69, 9.17) is 4.74 Å². The Kier molecular flexibility index (Phi) is 7.25. The number of rotatable bonds is 8. The van der Waals surface area contributed by atoms with Gasteiger partial charge in [-0.1, -0.05) is 6.07 Å². The number of pyridine rings is 1. The Labute approximate surface area is 206 Å². The van der Waals surface area contributed by atoms with E-state index in [1.807, 2.05) is 6.92 Å². The van der Waals surface area contributed by atoms with Crippen LogP contribution in [0.1, 0.15) is 38.9 Å². The molecule has 0 aliphatic rings. The maximum Gasteiger partial charge on any atom is 0.254 e. The Hall–Kier alpha value is -4.31. The molecule has 0 unspecified atom stereocenters. The summed E-state index contributed by atoms with van der Waals surface area (Å²) in [4.78, 5) is 31.1. The highest BCUT2D eigenvalue weighted by Gasteiger charge is 2.19. The molecule has 0 spiro atoms. The van der Waals surface area contributed by atoms with E-state index in [1.165, 1.54) is 19.2 Å². The molecule has 0 fully saturated rings. The lowest BCUT2D eigenvalue weighted by molar-refractivity contribution is 0.0784. The monoisotopic (exact) mass is 491 g/mol. The average Bonchev–Trinajstić information content (AvgIpc) is 3.39. The van der Waals surface area contributed by atoms with E-state index in [9.17, 15) is 19.1 Å². The number of carbonyl (C=O) groups is 2. The Balaban J connectivity index is 1.63. The van der Waals surface area contributed by atoms with Gasteiger partial charge in [-0.05, 0) is 42.8 Å². The van der Waals surface area contributed by atoms with Gasteiger partial charge in [0.25, 0.3) is 11.8 Å². The van der Waals surface area contributed by atoms with Crippen molar-refractivity contribution in [2.45, 2.75) is 20.1 Å². The van der Waals surface area contributed by atoms with Crippen LogP contribution in [0, 0.1) is 5.82 Å². The number of fused-ring (bicyclic) bond motifs is 1. The minimum absolute atomic E-state index is 0.0803. The van der Waals surface area contributed by atoms with Gasteiger partial charge in [-0.25, -0.2) is 4.39 Å². The van der Waals surface area contributed by atoms with Crippen molar-refractivity contribution in [3.63, 3.8) is 0 Å². The molecule has 2 heterocycles. The fourth-order valence-electron chi connectivity index (χ4n) is 4.00. The van der Waals surface area contributed by atoms with Crippen molar-refractivity contribution < 1.29 is 23.8 Å². The van der Waals surface area contributed by atoms with Crippen LogP contribution in [0.2, 0.25) is 0 Å². The Morgan fingerprint density at radius 2 is 2.00 bits per heavy atom. The number of nitrogens with one attached hydrogen (secondary N) is 2. The van der Waals surface area contributed by atoms with Gasteiger partial charge < -0.3 is 20.1 Å². The van der Waals surface area contributed by atoms with Crippen molar-refractivity contribution in [3.05, 3.63) is 77.0 Å². The normalized spacial score (nSPS) is 10.9. The third-order valence-electron chi connectivity index (χ3n) is 5.83. The highest BCUT2D eigenvalue weighted by atomic mass is 19.1. The first-order chi connectivity index (χ1) is 17.4. The number of hydrogen-bond donors (Lipinski definition) is 3. The summed E-state index contributed by atoms with van der Waals surface area (Å²) in [6.07, 6.45) is 3.21. The van der Waals surface area contributed by atoms with Gasteiger partial charge in [0, 0.05) is 48.9 Å². The summed E-state index contributed by atoms with van der Waals surface area (Å²) in [6.45, 7) is 2.22. The molecular formula is C26H26FN5O4. The molecule has 0 bridgehead atoms. The molecule has 2 aromatic carbocycles. The zero-order valence-corrected chi connectivity index (χ0v) is 20.1. The minimum atomic E-state index is -0.627. The number of aliphatic hydroxyl groups excluding tert-OH is 1. The number of hydrogen-bond acceptors (Lipinski definition) is 6. The highest BCUT2D eigenvalue weighted by Crippen LogP contribution is 2.33.